The highest BCUT2D eigenvalue weighted by Gasteiger charge is 2.31. The lowest BCUT2D eigenvalue weighted by atomic mass is 10.2. The van der Waals surface area contributed by atoms with E-state index in [4.69, 9.17) is 0 Å². The van der Waals surface area contributed by atoms with E-state index in [1.54, 1.807) is 4.90 Å². The molecule has 3 rings (SSSR count). The SMILES string of the molecule is Cc1ccc(N2CC(NC(=O)NCc3ccccc3)CC2=O)cc1. The number of benzene rings is 2. The summed E-state index contributed by atoms with van der Waals surface area (Å²) in [6.07, 6.45) is 0.326. The van der Waals surface area contributed by atoms with Crippen LogP contribution in [0.3, 0.4) is 0 Å². The molecule has 0 aliphatic carbocycles. The van der Waals surface area contributed by atoms with Crippen LogP contribution in [0.5, 0.6) is 0 Å². The molecule has 1 aliphatic rings. The molecule has 2 aromatic rings. The van der Waals surface area contributed by atoms with Crippen LogP contribution in [0, 0.1) is 6.92 Å². The highest BCUT2D eigenvalue weighted by Crippen LogP contribution is 2.21. The molecule has 124 valence electrons. The van der Waals surface area contributed by atoms with Gasteiger partial charge in [-0.05, 0) is 24.6 Å². The van der Waals surface area contributed by atoms with Crippen molar-refractivity contribution in [2.75, 3.05) is 11.4 Å². The lowest BCUT2D eigenvalue weighted by Crippen LogP contribution is -2.43. The van der Waals surface area contributed by atoms with Crippen molar-refractivity contribution in [1.82, 2.24) is 10.6 Å². The first-order valence-corrected chi connectivity index (χ1v) is 8.07. The molecular weight excluding hydrogens is 302 g/mol. The third-order valence-electron chi connectivity index (χ3n) is 4.10. The largest absolute Gasteiger partial charge is 0.334 e. The summed E-state index contributed by atoms with van der Waals surface area (Å²) >= 11 is 0. The quantitative estimate of drug-likeness (QED) is 0.908. The molecule has 1 aliphatic heterocycles. The summed E-state index contributed by atoms with van der Waals surface area (Å²) in [6.45, 7) is 2.98. The summed E-state index contributed by atoms with van der Waals surface area (Å²) in [5, 5.41) is 5.70. The average molecular weight is 323 g/mol. The molecule has 2 aromatic carbocycles. The van der Waals surface area contributed by atoms with Gasteiger partial charge in [0.05, 0.1) is 6.04 Å². The fraction of sp³-hybridized carbons (Fsp3) is 0.263. The number of nitrogens with zero attached hydrogens (tertiary/aromatic N) is 1. The molecule has 24 heavy (non-hydrogen) atoms. The molecule has 0 saturated carbocycles. The van der Waals surface area contributed by atoms with Crippen LogP contribution < -0.4 is 15.5 Å². The van der Waals surface area contributed by atoms with Gasteiger partial charge in [-0.2, -0.15) is 0 Å². The van der Waals surface area contributed by atoms with E-state index in [0.29, 0.717) is 19.5 Å². The van der Waals surface area contributed by atoms with Crippen LogP contribution in [0.1, 0.15) is 17.5 Å². The van der Waals surface area contributed by atoms with Gasteiger partial charge >= 0.3 is 6.03 Å². The zero-order valence-electron chi connectivity index (χ0n) is 13.7. The number of hydrogen-bond donors (Lipinski definition) is 2. The number of carbonyl (C=O) groups is 2. The second kappa shape index (κ2) is 7.17. The zero-order valence-corrected chi connectivity index (χ0v) is 13.7. The van der Waals surface area contributed by atoms with Gasteiger partial charge in [0.1, 0.15) is 0 Å². The fourth-order valence-corrected chi connectivity index (χ4v) is 2.79. The van der Waals surface area contributed by atoms with E-state index in [1.807, 2.05) is 61.5 Å². The van der Waals surface area contributed by atoms with E-state index in [2.05, 4.69) is 10.6 Å². The van der Waals surface area contributed by atoms with Crippen molar-refractivity contribution in [3.05, 3.63) is 65.7 Å². The number of rotatable bonds is 4. The second-order valence-electron chi connectivity index (χ2n) is 6.05. The Morgan fingerprint density at radius 2 is 1.83 bits per heavy atom. The minimum atomic E-state index is -0.248. The molecule has 0 bridgehead atoms. The van der Waals surface area contributed by atoms with E-state index in [0.717, 1.165) is 16.8 Å². The summed E-state index contributed by atoms with van der Waals surface area (Å²) < 4.78 is 0. The standard InChI is InChI=1S/C19H21N3O2/c1-14-7-9-17(10-8-14)22-13-16(11-18(22)23)21-19(24)20-12-15-5-3-2-4-6-15/h2-10,16H,11-13H2,1H3,(H2,20,21,24). The van der Waals surface area contributed by atoms with Crippen LogP contribution in [-0.2, 0) is 11.3 Å². The van der Waals surface area contributed by atoms with E-state index >= 15 is 0 Å². The van der Waals surface area contributed by atoms with E-state index in [-0.39, 0.29) is 18.0 Å². The minimum Gasteiger partial charge on any atom is -0.334 e. The van der Waals surface area contributed by atoms with Gasteiger partial charge in [0, 0.05) is 25.2 Å². The van der Waals surface area contributed by atoms with Crippen molar-refractivity contribution in [2.24, 2.45) is 0 Å². The Balaban J connectivity index is 1.52. The van der Waals surface area contributed by atoms with Gasteiger partial charge in [0.2, 0.25) is 5.91 Å². The molecular formula is C19H21N3O2. The Kier molecular flexibility index (Phi) is 4.79. The summed E-state index contributed by atoms with van der Waals surface area (Å²) in [5.74, 6) is 0.0345. The van der Waals surface area contributed by atoms with E-state index in [9.17, 15) is 9.59 Å². The first kappa shape index (κ1) is 16.1. The van der Waals surface area contributed by atoms with Crippen LogP contribution in [0.2, 0.25) is 0 Å². The Morgan fingerprint density at radius 1 is 1.12 bits per heavy atom. The highest BCUT2D eigenvalue weighted by molar-refractivity contribution is 5.96. The number of amides is 3. The monoisotopic (exact) mass is 323 g/mol. The molecule has 1 fully saturated rings. The van der Waals surface area contributed by atoms with Gasteiger partial charge in [0.15, 0.2) is 0 Å². The predicted octanol–water partition coefficient (Wildman–Crippen LogP) is 2.60. The maximum Gasteiger partial charge on any atom is 0.315 e. The molecule has 1 heterocycles. The molecule has 2 N–H and O–H groups in total. The van der Waals surface area contributed by atoms with Crippen LogP contribution in [0.15, 0.2) is 54.6 Å². The minimum absolute atomic E-state index is 0.0345. The summed E-state index contributed by atoms with van der Waals surface area (Å²) in [4.78, 5) is 25.9. The number of urea groups is 1. The number of nitrogens with one attached hydrogen (secondary N) is 2. The summed E-state index contributed by atoms with van der Waals surface area (Å²) in [6, 6.07) is 17.1. The Morgan fingerprint density at radius 3 is 2.54 bits per heavy atom. The van der Waals surface area contributed by atoms with Crippen molar-refractivity contribution in [3.63, 3.8) is 0 Å². The number of carbonyl (C=O) groups excluding carboxylic acids is 2. The van der Waals surface area contributed by atoms with Gasteiger partial charge in [-0.3, -0.25) is 4.79 Å². The Labute approximate surface area is 141 Å². The van der Waals surface area contributed by atoms with Crippen LogP contribution >= 0.6 is 0 Å². The van der Waals surface area contributed by atoms with Crippen LogP contribution in [-0.4, -0.2) is 24.5 Å². The molecule has 0 radical (unpaired) electrons. The van der Waals surface area contributed by atoms with E-state index < -0.39 is 0 Å². The molecule has 0 spiro atoms. The molecule has 1 saturated heterocycles. The van der Waals surface area contributed by atoms with Gasteiger partial charge < -0.3 is 15.5 Å². The fourth-order valence-electron chi connectivity index (χ4n) is 2.79. The third-order valence-corrected chi connectivity index (χ3v) is 4.10. The molecule has 1 atom stereocenters. The topological polar surface area (TPSA) is 61.4 Å². The Bertz CT molecular complexity index is 713. The maximum absolute atomic E-state index is 12.2. The molecule has 5 nitrogen and oxygen atoms in total. The van der Waals surface area contributed by atoms with E-state index in [1.165, 1.54) is 0 Å². The summed E-state index contributed by atoms with van der Waals surface area (Å²) in [5.41, 5.74) is 3.07. The maximum atomic E-state index is 12.2. The molecule has 0 aromatic heterocycles. The van der Waals surface area contributed by atoms with Crippen LogP contribution in [0.4, 0.5) is 10.5 Å². The smallest absolute Gasteiger partial charge is 0.315 e. The summed E-state index contributed by atoms with van der Waals surface area (Å²) in [7, 11) is 0. The van der Waals surface area contributed by atoms with Crippen molar-refractivity contribution >= 4 is 17.6 Å². The molecule has 3 amide bonds. The number of hydrogen-bond acceptors (Lipinski definition) is 2. The van der Waals surface area contributed by atoms with Gasteiger partial charge in [0.25, 0.3) is 0 Å². The lowest BCUT2D eigenvalue weighted by Gasteiger charge is -2.17. The second-order valence-corrected chi connectivity index (χ2v) is 6.05. The lowest BCUT2D eigenvalue weighted by molar-refractivity contribution is -0.117. The van der Waals surface area contributed by atoms with Gasteiger partial charge in [-0.1, -0.05) is 48.0 Å². The first-order chi connectivity index (χ1) is 11.6. The van der Waals surface area contributed by atoms with Crippen molar-refractivity contribution in [2.45, 2.75) is 25.9 Å². The highest BCUT2D eigenvalue weighted by atomic mass is 16.2. The van der Waals surface area contributed by atoms with Crippen molar-refractivity contribution in [3.8, 4) is 0 Å². The van der Waals surface area contributed by atoms with Crippen LogP contribution in [0.25, 0.3) is 0 Å². The average Bonchev–Trinajstić information content (AvgIpc) is 2.95. The molecule has 1 unspecified atom stereocenters. The normalized spacial score (nSPS) is 17.0. The van der Waals surface area contributed by atoms with Crippen molar-refractivity contribution in [1.29, 1.82) is 0 Å². The zero-order chi connectivity index (χ0) is 16.9. The first-order valence-electron chi connectivity index (χ1n) is 8.07. The Hall–Kier alpha value is -2.82. The number of aryl methyl sites for hydroxylation is 1. The molecule has 5 heteroatoms. The number of anilines is 1. The van der Waals surface area contributed by atoms with Crippen molar-refractivity contribution < 1.29 is 9.59 Å². The van der Waals surface area contributed by atoms with Gasteiger partial charge in [-0.25, -0.2) is 4.79 Å². The third kappa shape index (κ3) is 3.93. The van der Waals surface area contributed by atoms with Gasteiger partial charge in [-0.15, -0.1) is 0 Å². The predicted molar refractivity (Wildman–Crippen MR) is 93.8 cm³/mol.